The predicted molar refractivity (Wildman–Crippen MR) is 239 cm³/mol. The van der Waals surface area contributed by atoms with Crippen LogP contribution >= 0.6 is 0 Å². The Balaban J connectivity index is 0.720. The average Bonchev–Trinajstić information content (AvgIpc) is 3.80. The summed E-state index contributed by atoms with van der Waals surface area (Å²) in [6.45, 7) is 22.2. The summed E-state index contributed by atoms with van der Waals surface area (Å²) in [6, 6.07) is 14.8. The fraction of sp³-hybridized carbons (Fsp3) is 0.469. The molecule has 322 valence electrons. The molecule has 0 radical (unpaired) electrons. The summed E-state index contributed by atoms with van der Waals surface area (Å²) in [5.41, 5.74) is 8.25. The van der Waals surface area contributed by atoms with Crippen molar-refractivity contribution in [3.63, 3.8) is 0 Å². The molecule has 5 heterocycles. The average molecular weight is 837 g/mol. The first-order chi connectivity index (χ1) is 30.0. The van der Waals surface area contributed by atoms with Crippen LogP contribution in [0.3, 0.4) is 0 Å². The number of hydrogen-bond acceptors (Lipinski definition) is 9. The molecule has 1 aromatic heterocycles. The van der Waals surface area contributed by atoms with Gasteiger partial charge in [-0.05, 0) is 86.5 Å². The molecule has 4 amide bonds. The van der Waals surface area contributed by atoms with Gasteiger partial charge in [0, 0.05) is 97.2 Å². The number of anilines is 2. The van der Waals surface area contributed by atoms with E-state index < -0.39 is 29.2 Å². The fourth-order valence-electron chi connectivity index (χ4n) is 10.7. The number of unbranched alkanes of at least 4 members (excludes halogenated alkanes) is 3. The molecular weight excluding hydrogens is 781 g/mol. The maximum Gasteiger partial charge on any atom is 0.264 e. The van der Waals surface area contributed by atoms with Crippen LogP contribution in [0.4, 0.5) is 17.1 Å². The number of piperazine rings is 1. The highest BCUT2D eigenvalue weighted by Gasteiger charge is 2.46. The van der Waals surface area contributed by atoms with Crippen molar-refractivity contribution in [3.8, 4) is 0 Å². The van der Waals surface area contributed by atoms with Gasteiger partial charge in [0.1, 0.15) is 6.04 Å². The minimum absolute atomic E-state index is 0.0676. The Labute approximate surface area is 363 Å². The number of nitrogens with one attached hydrogen (secondary N) is 3. The van der Waals surface area contributed by atoms with Gasteiger partial charge in [0.25, 0.3) is 11.8 Å². The molecule has 3 fully saturated rings. The number of hydrogen-bond donors (Lipinski definition) is 3. The van der Waals surface area contributed by atoms with E-state index in [9.17, 15) is 24.0 Å². The number of aromatic nitrogens is 1. The molecule has 0 saturated carbocycles. The Bertz CT molecular complexity index is 2520. The minimum atomic E-state index is -0.973. The second-order valence-corrected chi connectivity index (χ2v) is 18.2. The molecule has 4 aromatic rings. The van der Waals surface area contributed by atoms with Gasteiger partial charge in [0.15, 0.2) is 11.5 Å². The fourth-order valence-corrected chi connectivity index (χ4v) is 10.7. The van der Waals surface area contributed by atoms with Gasteiger partial charge in [-0.15, -0.1) is 0 Å². The van der Waals surface area contributed by atoms with Crippen LogP contribution in [0.25, 0.3) is 15.7 Å². The minimum Gasteiger partial charge on any atom is -0.384 e. The molecule has 0 bridgehead atoms. The number of benzene rings is 3. The van der Waals surface area contributed by atoms with E-state index in [4.69, 9.17) is 6.57 Å². The molecule has 1 unspecified atom stereocenters. The molecule has 9 rings (SSSR count). The van der Waals surface area contributed by atoms with E-state index in [1.807, 2.05) is 12.1 Å². The SMILES string of the molecule is [C-]#[N+]c1ccc2c3c([nH]c2c1)C(C)(C)c1cc(N2CCC(N4CCN(CCCCCCNc5cccc6c5C(=O)N(C5CCC(=O)NC5=O)C6=O)CC4)CC2)c(CC)cc1C3=O. The number of fused-ring (bicyclic) bond motifs is 5. The summed E-state index contributed by atoms with van der Waals surface area (Å²) in [6.07, 6.45) is 7.60. The van der Waals surface area contributed by atoms with Crippen molar-refractivity contribution in [2.45, 2.75) is 96.1 Å². The molecule has 3 aromatic carbocycles. The second kappa shape index (κ2) is 16.8. The highest BCUT2D eigenvalue weighted by molar-refractivity contribution is 6.25. The lowest BCUT2D eigenvalue weighted by molar-refractivity contribution is -0.136. The second-order valence-electron chi connectivity index (χ2n) is 18.2. The van der Waals surface area contributed by atoms with Crippen LogP contribution < -0.4 is 15.5 Å². The van der Waals surface area contributed by atoms with Crippen molar-refractivity contribution in [2.24, 2.45) is 0 Å². The number of nitrogens with zero attached hydrogens (tertiary/aromatic N) is 5. The number of ketones is 1. The summed E-state index contributed by atoms with van der Waals surface area (Å²) in [7, 11) is 0. The quantitative estimate of drug-likeness (QED) is 0.0797. The molecule has 13 heteroatoms. The van der Waals surface area contributed by atoms with Crippen molar-refractivity contribution >= 4 is 57.4 Å². The van der Waals surface area contributed by atoms with Gasteiger partial charge < -0.3 is 20.1 Å². The highest BCUT2D eigenvalue weighted by Crippen LogP contribution is 2.46. The van der Waals surface area contributed by atoms with Gasteiger partial charge in [0.05, 0.1) is 23.3 Å². The van der Waals surface area contributed by atoms with Crippen molar-refractivity contribution in [3.05, 3.63) is 99.0 Å². The predicted octanol–water partition coefficient (Wildman–Crippen LogP) is 6.81. The van der Waals surface area contributed by atoms with Crippen molar-refractivity contribution in [1.29, 1.82) is 0 Å². The zero-order chi connectivity index (χ0) is 43.3. The first-order valence-corrected chi connectivity index (χ1v) is 22.5. The maximum atomic E-state index is 14.1. The maximum absolute atomic E-state index is 14.1. The first kappa shape index (κ1) is 41.5. The Morgan fingerprint density at radius 3 is 2.35 bits per heavy atom. The Hall–Kier alpha value is -5.84. The summed E-state index contributed by atoms with van der Waals surface area (Å²) >= 11 is 0. The Kier molecular flexibility index (Phi) is 11.2. The van der Waals surface area contributed by atoms with Crippen LogP contribution in [0.1, 0.15) is 126 Å². The third-order valence-electron chi connectivity index (χ3n) is 14.2. The number of carbonyl (C=O) groups excluding carboxylic acids is 5. The van der Waals surface area contributed by atoms with Gasteiger partial charge in [-0.3, -0.25) is 39.1 Å². The van der Waals surface area contributed by atoms with Gasteiger partial charge in [-0.1, -0.05) is 51.8 Å². The van der Waals surface area contributed by atoms with Crippen LogP contribution in [0.5, 0.6) is 0 Å². The lowest BCUT2D eigenvalue weighted by Gasteiger charge is -2.44. The van der Waals surface area contributed by atoms with E-state index in [0.29, 0.717) is 35.1 Å². The Morgan fingerprint density at radius 1 is 0.839 bits per heavy atom. The summed E-state index contributed by atoms with van der Waals surface area (Å²) in [5.74, 6) is -1.90. The van der Waals surface area contributed by atoms with Gasteiger partial charge in [0.2, 0.25) is 11.8 Å². The van der Waals surface area contributed by atoms with Gasteiger partial charge in [-0.2, -0.15) is 0 Å². The van der Waals surface area contributed by atoms with Crippen molar-refractivity contribution in [1.82, 2.24) is 25.0 Å². The summed E-state index contributed by atoms with van der Waals surface area (Å²) < 4.78 is 0. The topological polar surface area (TPSA) is 143 Å². The van der Waals surface area contributed by atoms with E-state index in [1.165, 1.54) is 11.3 Å². The van der Waals surface area contributed by atoms with E-state index in [1.54, 1.807) is 24.3 Å². The number of aryl methyl sites for hydroxylation is 1. The number of rotatable bonds is 12. The number of piperidine rings is 2. The van der Waals surface area contributed by atoms with E-state index >= 15 is 0 Å². The largest absolute Gasteiger partial charge is 0.384 e. The Morgan fingerprint density at radius 2 is 1.61 bits per heavy atom. The number of H-pyrrole nitrogens is 1. The molecular formula is C49H56N8O5. The standard InChI is InChI=1S/C49H56N8O5/c1-5-30-27-35-36(49(2,3)45-43(44(35)59)33-14-13-31(50-4)28-38(33)52-45)29-40(30)56-21-17-32(18-22-56)55-25-23-54(24-26-55)20-9-7-6-8-19-51-37-12-10-11-34-42(37)48(62)57(47(34)61)39-15-16-41(58)53-46(39)60/h10-14,27-29,32,39,51-52H,5-9,15-26H2,1-3H3,(H,53,58,60). The molecule has 62 heavy (non-hydrogen) atoms. The molecule has 4 aliphatic heterocycles. The third kappa shape index (κ3) is 7.36. The monoisotopic (exact) mass is 836 g/mol. The zero-order valence-electron chi connectivity index (χ0n) is 36.1. The lowest BCUT2D eigenvalue weighted by atomic mass is 9.70. The van der Waals surface area contributed by atoms with Crippen LogP contribution in [0.2, 0.25) is 0 Å². The molecule has 3 saturated heterocycles. The first-order valence-electron chi connectivity index (χ1n) is 22.5. The molecule has 13 nitrogen and oxygen atoms in total. The zero-order valence-corrected chi connectivity index (χ0v) is 36.1. The van der Waals surface area contributed by atoms with Crippen LogP contribution in [0.15, 0.2) is 48.5 Å². The molecule has 1 aliphatic carbocycles. The smallest absolute Gasteiger partial charge is 0.264 e. The highest BCUT2D eigenvalue weighted by atomic mass is 16.2. The van der Waals surface area contributed by atoms with Crippen LogP contribution in [-0.4, -0.2) is 114 Å². The molecule has 1 atom stereocenters. The van der Waals surface area contributed by atoms with Gasteiger partial charge >= 0.3 is 0 Å². The number of carbonyl (C=O) groups is 5. The summed E-state index contributed by atoms with van der Waals surface area (Å²) in [4.78, 5) is 80.8. The number of aromatic amines is 1. The number of amides is 4. The molecule has 0 spiro atoms. The molecule has 3 N–H and O–H groups in total. The van der Waals surface area contributed by atoms with Crippen LogP contribution in [0, 0.1) is 6.57 Å². The normalized spacial score (nSPS) is 20.6. The van der Waals surface area contributed by atoms with Crippen molar-refractivity contribution in [2.75, 3.05) is 62.6 Å². The lowest BCUT2D eigenvalue weighted by Crippen LogP contribution is -2.54. The summed E-state index contributed by atoms with van der Waals surface area (Å²) in [5, 5.41) is 6.50. The number of imide groups is 2. The third-order valence-corrected chi connectivity index (χ3v) is 14.2. The van der Waals surface area contributed by atoms with E-state index in [2.05, 4.69) is 68.1 Å². The van der Waals surface area contributed by atoms with Crippen molar-refractivity contribution < 1.29 is 24.0 Å². The van der Waals surface area contributed by atoms with Gasteiger partial charge in [-0.25, -0.2) is 4.85 Å². The van der Waals surface area contributed by atoms with E-state index in [-0.39, 0.29) is 24.5 Å². The molecule has 5 aliphatic rings. The van der Waals surface area contributed by atoms with Crippen LogP contribution in [-0.2, 0) is 21.4 Å². The van der Waals surface area contributed by atoms with E-state index in [0.717, 1.165) is 129 Å².